The van der Waals surface area contributed by atoms with Crippen LogP contribution in [0.3, 0.4) is 0 Å². The van der Waals surface area contributed by atoms with Gasteiger partial charge in [-0.2, -0.15) is 0 Å². The number of ether oxygens (including phenoxy) is 1. The molecule has 1 amide bonds. The highest BCUT2D eigenvalue weighted by Gasteiger charge is 2.12. The van der Waals surface area contributed by atoms with Crippen LogP contribution >= 0.6 is 0 Å². The number of hydrogen-bond acceptors (Lipinski definition) is 3. The molecule has 0 aromatic heterocycles. The fourth-order valence-electron chi connectivity index (χ4n) is 1.33. The summed E-state index contributed by atoms with van der Waals surface area (Å²) in [5.41, 5.74) is 6.75. The standard InChI is InChI=1S/C12H18N2O2/c1-8(13)10-5-4-6-11(7-10)16-9(2)12(15)14-3/h4-9H,13H2,1-3H3,(H,14,15). The summed E-state index contributed by atoms with van der Waals surface area (Å²) in [4.78, 5) is 11.3. The highest BCUT2D eigenvalue weighted by molar-refractivity contribution is 5.80. The molecule has 0 saturated heterocycles. The third-order valence-corrected chi connectivity index (χ3v) is 2.31. The van der Waals surface area contributed by atoms with Gasteiger partial charge in [0.25, 0.3) is 5.91 Å². The van der Waals surface area contributed by atoms with Crippen LogP contribution in [0.5, 0.6) is 5.75 Å². The Morgan fingerprint density at radius 3 is 2.69 bits per heavy atom. The SMILES string of the molecule is CNC(=O)C(C)Oc1cccc(C(C)N)c1. The minimum absolute atomic E-state index is 0.0427. The van der Waals surface area contributed by atoms with Crippen molar-refractivity contribution in [3.8, 4) is 5.75 Å². The van der Waals surface area contributed by atoms with E-state index < -0.39 is 6.10 Å². The molecular formula is C12H18N2O2. The van der Waals surface area contributed by atoms with Crippen molar-refractivity contribution < 1.29 is 9.53 Å². The molecule has 0 aliphatic rings. The molecule has 0 aliphatic heterocycles. The molecule has 3 N–H and O–H groups in total. The Hall–Kier alpha value is -1.55. The van der Waals surface area contributed by atoms with E-state index in [1.165, 1.54) is 0 Å². The van der Waals surface area contributed by atoms with E-state index in [2.05, 4.69) is 5.32 Å². The lowest BCUT2D eigenvalue weighted by Gasteiger charge is -2.14. The van der Waals surface area contributed by atoms with Crippen LogP contribution in [0.2, 0.25) is 0 Å². The molecule has 16 heavy (non-hydrogen) atoms. The summed E-state index contributed by atoms with van der Waals surface area (Å²) in [6, 6.07) is 7.42. The van der Waals surface area contributed by atoms with E-state index in [9.17, 15) is 4.79 Å². The molecule has 1 aromatic carbocycles. The minimum atomic E-state index is -0.506. The molecule has 1 aromatic rings. The number of rotatable bonds is 4. The van der Waals surface area contributed by atoms with Gasteiger partial charge < -0.3 is 15.8 Å². The normalized spacial score (nSPS) is 14.0. The first-order valence-corrected chi connectivity index (χ1v) is 5.28. The Bertz CT molecular complexity index is 364. The van der Waals surface area contributed by atoms with Gasteiger partial charge in [0.15, 0.2) is 6.10 Å². The third-order valence-electron chi connectivity index (χ3n) is 2.31. The third kappa shape index (κ3) is 3.24. The highest BCUT2D eigenvalue weighted by atomic mass is 16.5. The van der Waals surface area contributed by atoms with Crippen LogP contribution in [0, 0.1) is 0 Å². The van der Waals surface area contributed by atoms with Gasteiger partial charge in [0.2, 0.25) is 0 Å². The van der Waals surface area contributed by atoms with Gasteiger partial charge in [-0.15, -0.1) is 0 Å². The molecule has 0 radical (unpaired) electrons. The first-order valence-electron chi connectivity index (χ1n) is 5.28. The van der Waals surface area contributed by atoms with Crippen molar-refractivity contribution in [2.75, 3.05) is 7.05 Å². The summed E-state index contributed by atoms with van der Waals surface area (Å²) in [6.07, 6.45) is -0.506. The van der Waals surface area contributed by atoms with Crippen molar-refractivity contribution in [2.24, 2.45) is 5.73 Å². The van der Waals surface area contributed by atoms with Gasteiger partial charge in [-0.1, -0.05) is 12.1 Å². The number of carbonyl (C=O) groups is 1. The number of likely N-dealkylation sites (N-methyl/N-ethyl adjacent to an activating group) is 1. The zero-order valence-electron chi connectivity index (χ0n) is 9.86. The predicted octanol–water partition coefficient (Wildman–Crippen LogP) is 1.22. The molecule has 2 atom stereocenters. The largest absolute Gasteiger partial charge is 0.481 e. The zero-order chi connectivity index (χ0) is 12.1. The first-order chi connectivity index (χ1) is 7.54. The molecule has 88 valence electrons. The Kier molecular flexibility index (Phi) is 4.31. The van der Waals surface area contributed by atoms with Crippen LogP contribution in [0.4, 0.5) is 0 Å². The minimum Gasteiger partial charge on any atom is -0.481 e. The smallest absolute Gasteiger partial charge is 0.260 e. The second-order valence-corrected chi connectivity index (χ2v) is 3.74. The van der Waals surface area contributed by atoms with Gasteiger partial charge >= 0.3 is 0 Å². The van der Waals surface area contributed by atoms with Gasteiger partial charge in [-0.25, -0.2) is 0 Å². The zero-order valence-corrected chi connectivity index (χ0v) is 9.86. The predicted molar refractivity (Wildman–Crippen MR) is 63.2 cm³/mol. The molecule has 0 fully saturated rings. The van der Waals surface area contributed by atoms with E-state index in [0.717, 1.165) is 5.56 Å². The van der Waals surface area contributed by atoms with Crippen molar-refractivity contribution in [1.29, 1.82) is 0 Å². The molecule has 4 nitrogen and oxygen atoms in total. The Morgan fingerprint density at radius 2 is 2.12 bits per heavy atom. The van der Waals surface area contributed by atoms with E-state index in [4.69, 9.17) is 10.5 Å². The second kappa shape index (κ2) is 5.51. The van der Waals surface area contributed by atoms with Crippen LogP contribution in [0.15, 0.2) is 24.3 Å². The fraction of sp³-hybridized carbons (Fsp3) is 0.417. The van der Waals surface area contributed by atoms with E-state index in [1.807, 2.05) is 31.2 Å². The molecule has 0 aliphatic carbocycles. The van der Waals surface area contributed by atoms with Crippen LogP contribution in [0.25, 0.3) is 0 Å². The Morgan fingerprint density at radius 1 is 1.44 bits per heavy atom. The van der Waals surface area contributed by atoms with Crippen molar-refractivity contribution in [3.63, 3.8) is 0 Å². The van der Waals surface area contributed by atoms with Crippen molar-refractivity contribution >= 4 is 5.91 Å². The first kappa shape index (κ1) is 12.5. The summed E-state index contributed by atoms with van der Waals surface area (Å²) >= 11 is 0. The summed E-state index contributed by atoms with van der Waals surface area (Å²) < 4.78 is 5.49. The van der Waals surface area contributed by atoms with E-state index in [1.54, 1.807) is 14.0 Å². The highest BCUT2D eigenvalue weighted by Crippen LogP contribution is 2.18. The van der Waals surface area contributed by atoms with Crippen LogP contribution < -0.4 is 15.8 Å². The number of nitrogens with one attached hydrogen (secondary N) is 1. The summed E-state index contributed by atoms with van der Waals surface area (Å²) in [5, 5.41) is 2.53. The Balaban J connectivity index is 2.74. The lowest BCUT2D eigenvalue weighted by molar-refractivity contribution is -0.126. The molecular weight excluding hydrogens is 204 g/mol. The van der Waals surface area contributed by atoms with Crippen LogP contribution in [0.1, 0.15) is 25.5 Å². The maximum atomic E-state index is 11.3. The van der Waals surface area contributed by atoms with Crippen molar-refractivity contribution in [3.05, 3.63) is 29.8 Å². The van der Waals surface area contributed by atoms with Crippen LogP contribution in [-0.2, 0) is 4.79 Å². The molecule has 2 unspecified atom stereocenters. The monoisotopic (exact) mass is 222 g/mol. The number of benzene rings is 1. The molecule has 0 saturated carbocycles. The van der Waals surface area contributed by atoms with Crippen molar-refractivity contribution in [2.45, 2.75) is 26.0 Å². The fourth-order valence-corrected chi connectivity index (χ4v) is 1.33. The molecule has 1 rings (SSSR count). The maximum absolute atomic E-state index is 11.3. The number of nitrogens with two attached hydrogens (primary N) is 1. The van der Waals surface area contributed by atoms with E-state index >= 15 is 0 Å². The average Bonchev–Trinajstić information content (AvgIpc) is 2.28. The molecule has 0 bridgehead atoms. The Labute approximate surface area is 95.8 Å². The van der Waals surface area contributed by atoms with Crippen LogP contribution in [-0.4, -0.2) is 19.1 Å². The summed E-state index contributed by atoms with van der Waals surface area (Å²) in [6.45, 7) is 3.61. The van der Waals surface area contributed by atoms with Gasteiger partial charge in [-0.3, -0.25) is 4.79 Å². The van der Waals surface area contributed by atoms with E-state index in [0.29, 0.717) is 5.75 Å². The molecule has 0 heterocycles. The van der Waals surface area contributed by atoms with E-state index in [-0.39, 0.29) is 11.9 Å². The molecule has 4 heteroatoms. The van der Waals surface area contributed by atoms with Gasteiger partial charge in [0.05, 0.1) is 0 Å². The maximum Gasteiger partial charge on any atom is 0.260 e. The van der Waals surface area contributed by atoms with Gasteiger partial charge in [0, 0.05) is 13.1 Å². The second-order valence-electron chi connectivity index (χ2n) is 3.74. The number of hydrogen-bond donors (Lipinski definition) is 2. The molecule has 0 spiro atoms. The van der Waals surface area contributed by atoms with Crippen molar-refractivity contribution in [1.82, 2.24) is 5.32 Å². The number of carbonyl (C=O) groups excluding carboxylic acids is 1. The summed E-state index contributed by atoms with van der Waals surface area (Å²) in [5.74, 6) is 0.511. The number of amides is 1. The lowest BCUT2D eigenvalue weighted by Crippen LogP contribution is -2.33. The quantitative estimate of drug-likeness (QED) is 0.805. The van der Waals surface area contributed by atoms with Gasteiger partial charge in [-0.05, 0) is 31.5 Å². The van der Waals surface area contributed by atoms with Gasteiger partial charge in [0.1, 0.15) is 5.75 Å². The lowest BCUT2D eigenvalue weighted by atomic mass is 10.1. The summed E-state index contributed by atoms with van der Waals surface area (Å²) in [7, 11) is 1.58. The average molecular weight is 222 g/mol. The topological polar surface area (TPSA) is 64.3 Å².